The van der Waals surface area contributed by atoms with Gasteiger partial charge in [-0.25, -0.2) is 10.4 Å². The molecule has 6 nitrogen and oxygen atoms in total. The molecule has 2 aliphatic heterocycles. The van der Waals surface area contributed by atoms with E-state index in [9.17, 15) is 4.79 Å². The number of benzene rings is 2. The van der Waals surface area contributed by atoms with Crippen molar-refractivity contribution in [3.8, 4) is 0 Å². The van der Waals surface area contributed by atoms with Gasteiger partial charge in [0.2, 0.25) is 0 Å². The largest absolute Gasteiger partial charge is 0.304 e. The minimum Gasteiger partial charge on any atom is -0.304 e. The number of amides is 1. The van der Waals surface area contributed by atoms with E-state index in [-0.39, 0.29) is 17.3 Å². The number of hydrazine groups is 2. The molecule has 8 heteroatoms. The Morgan fingerprint density at radius 3 is 2.42 bits per heavy atom. The highest BCUT2D eigenvalue weighted by molar-refractivity contribution is 8.03. The molecule has 0 aliphatic carbocycles. The van der Waals surface area contributed by atoms with Crippen LogP contribution in [0.25, 0.3) is 0 Å². The molecular formula is C23H20ClN5OS. The summed E-state index contributed by atoms with van der Waals surface area (Å²) in [4.78, 5) is 18.0. The summed E-state index contributed by atoms with van der Waals surface area (Å²) in [7, 11) is 0. The van der Waals surface area contributed by atoms with E-state index in [0.717, 1.165) is 21.9 Å². The third-order valence-electron chi connectivity index (χ3n) is 5.27. The molecule has 1 amide bonds. The van der Waals surface area contributed by atoms with Crippen molar-refractivity contribution in [3.05, 3.63) is 111 Å². The number of carbonyl (C=O) groups excluding carboxylic acids is 1. The number of hydrogen-bond acceptors (Lipinski definition) is 6. The van der Waals surface area contributed by atoms with E-state index in [1.54, 1.807) is 36.3 Å². The highest BCUT2D eigenvalue weighted by Crippen LogP contribution is 2.52. The fourth-order valence-corrected chi connectivity index (χ4v) is 5.14. The average molecular weight is 450 g/mol. The molecule has 1 aromatic heterocycles. The Balaban J connectivity index is 1.49. The maximum absolute atomic E-state index is 12.9. The molecule has 0 bridgehead atoms. The number of thioether (sulfide) groups is 1. The molecule has 5 rings (SSSR count). The van der Waals surface area contributed by atoms with Crippen LogP contribution in [-0.2, 0) is 0 Å². The van der Waals surface area contributed by atoms with Gasteiger partial charge in [0.15, 0.2) is 0 Å². The van der Waals surface area contributed by atoms with E-state index in [4.69, 9.17) is 11.6 Å². The van der Waals surface area contributed by atoms with Gasteiger partial charge in [-0.1, -0.05) is 65.3 Å². The molecular weight excluding hydrogens is 430 g/mol. The first-order chi connectivity index (χ1) is 15.1. The second-order valence-corrected chi connectivity index (χ2v) is 8.95. The van der Waals surface area contributed by atoms with Crippen LogP contribution in [0.15, 0.2) is 83.8 Å². The van der Waals surface area contributed by atoms with Crippen molar-refractivity contribution < 1.29 is 4.79 Å². The molecule has 2 atom stereocenters. The predicted molar refractivity (Wildman–Crippen MR) is 123 cm³/mol. The number of halogens is 1. The first-order valence-electron chi connectivity index (χ1n) is 9.85. The summed E-state index contributed by atoms with van der Waals surface area (Å²) in [5.41, 5.74) is 13.6. The molecule has 0 radical (unpaired) electrons. The van der Waals surface area contributed by atoms with Crippen LogP contribution in [0.2, 0.25) is 5.02 Å². The number of carbonyl (C=O) groups is 1. The SMILES string of the molecule is Cc1ccc(C2SC3=C(NNC3c3ccc(Cl)cc3)N2NC(=O)c2ccncc2)cc1. The lowest BCUT2D eigenvalue weighted by atomic mass is 10.1. The van der Waals surface area contributed by atoms with Gasteiger partial charge in [0.05, 0.1) is 10.9 Å². The molecule has 0 fully saturated rings. The van der Waals surface area contributed by atoms with Crippen molar-refractivity contribution in [3.63, 3.8) is 0 Å². The van der Waals surface area contributed by atoms with Gasteiger partial charge in [0.25, 0.3) is 5.91 Å². The van der Waals surface area contributed by atoms with Gasteiger partial charge in [0, 0.05) is 23.0 Å². The molecule has 3 aromatic rings. The molecule has 3 heterocycles. The molecule has 2 aliphatic rings. The third kappa shape index (κ3) is 3.87. The van der Waals surface area contributed by atoms with Crippen LogP contribution in [-0.4, -0.2) is 15.9 Å². The number of rotatable bonds is 4. The number of hydrogen-bond donors (Lipinski definition) is 3. The summed E-state index contributed by atoms with van der Waals surface area (Å²) in [6.45, 7) is 2.06. The molecule has 31 heavy (non-hydrogen) atoms. The van der Waals surface area contributed by atoms with Crippen molar-refractivity contribution in [1.82, 2.24) is 26.3 Å². The summed E-state index contributed by atoms with van der Waals surface area (Å²) in [5.74, 6) is 0.656. The minimum absolute atomic E-state index is 0.0342. The molecule has 2 unspecified atom stereocenters. The lowest BCUT2D eigenvalue weighted by Gasteiger charge is -2.30. The molecule has 156 valence electrons. The van der Waals surface area contributed by atoms with Crippen molar-refractivity contribution >= 4 is 29.3 Å². The first kappa shape index (κ1) is 19.9. The van der Waals surface area contributed by atoms with Crippen LogP contribution in [0.1, 0.15) is 38.5 Å². The second-order valence-electron chi connectivity index (χ2n) is 7.39. The lowest BCUT2D eigenvalue weighted by molar-refractivity contribution is 0.0817. The summed E-state index contributed by atoms with van der Waals surface area (Å²) in [6.07, 6.45) is 3.23. The fraction of sp³-hybridized carbons (Fsp3) is 0.130. The highest BCUT2D eigenvalue weighted by Gasteiger charge is 2.42. The van der Waals surface area contributed by atoms with Gasteiger partial charge in [-0.15, -0.1) is 0 Å². The van der Waals surface area contributed by atoms with Gasteiger partial charge >= 0.3 is 0 Å². The van der Waals surface area contributed by atoms with E-state index in [1.807, 2.05) is 29.3 Å². The molecule has 0 spiro atoms. The zero-order chi connectivity index (χ0) is 21.4. The topological polar surface area (TPSA) is 69.3 Å². The third-order valence-corrected chi connectivity index (χ3v) is 6.92. The van der Waals surface area contributed by atoms with Crippen LogP contribution in [0.4, 0.5) is 0 Å². The maximum atomic E-state index is 12.9. The molecule has 0 saturated carbocycles. The van der Waals surface area contributed by atoms with Gasteiger partial charge in [-0.2, -0.15) is 0 Å². The van der Waals surface area contributed by atoms with Crippen LogP contribution >= 0.6 is 23.4 Å². The molecule has 3 N–H and O–H groups in total. The quantitative estimate of drug-likeness (QED) is 0.546. The number of nitrogens with zero attached hydrogens (tertiary/aromatic N) is 2. The molecule has 0 saturated heterocycles. The van der Waals surface area contributed by atoms with Crippen LogP contribution in [0.5, 0.6) is 0 Å². The van der Waals surface area contributed by atoms with Crippen LogP contribution in [0.3, 0.4) is 0 Å². The van der Waals surface area contributed by atoms with E-state index in [2.05, 4.69) is 52.5 Å². The van der Waals surface area contributed by atoms with Crippen molar-refractivity contribution in [2.45, 2.75) is 18.3 Å². The van der Waals surface area contributed by atoms with Gasteiger partial charge in [0.1, 0.15) is 11.2 Å². The zero-order valence-corrected chi connectivity index (χ0v) is 18.2. The predicted octanol–water partition coefficient (Wildman–Crippen LogP) is 4.45. The average Bonchev–Trinajstić information content (AvgIpc) is 3.36. The summed E-state index contributed by atoms with van der Waals surface area (Å²) in [6, 6.07) is 19.5. The lowest BCUT2D eigenvalue weighted by Crippen LogP contribution is -2.46. The summed E-state index contributed by atoms with van der Waals surface area (Å²) < 4.78 is 0. The molecule has 2 aromatic carbocycles. The normalized spacial score (nSPS) is 19.9. The monoisotopic (exact) mass is 449 g/mol. The Bertz CT molecular complexity index is 1130. The van der Waals surface area contributed by atoms with E-state index in [0.29, 0.717) is 10.6 Å². The smallest absolute Gasteiger partial charge is 0.269 e. The maximum Gasteiger partial charge on any atom is 0.269 e. The summed E-state index contributed by atoms with van der Waals surface area (Å²) in [5, 5.41) is 2.50. The Hall–Kier alpha value is -3.00. The standard InChI is InChI=1S/C23H20ClN5OS/c1-14-2-4-17(5-3-14)23-29(28-22(30)16-10-12-25-13-11-16)21-20(31-23)19(26-27-21)15-6-8-18(24)9-7-15/h2-13,19,23,26-27H,1H3,(H,28,30). The van der Waals surface area contributed by atoms with Crippen LogP contribution < -0.4 is 16.3 Å². The highest BCUT2D eigenvalue weighted by atomic mass is 35.5. The zero-order valence-electron chi connectivity index (χ0n) is 16.7. The number of nitrogens with one attached hydrogen (secondary N) is 3. The van der Waals surface area contributed by atoms with E-state index >= 15 is 0 Å². The van der Waals surface area contributed by atoms with Crippen molar-refractivity contribution in [1.29, 1.82) is 0 Å². The Morgan fingerprint density at radius 1 is 1.03 bits per heavy atom. The number of pyridine rings is 1. The van der Waals surface area contributed by atoms with Gasteiger partial charge in [-0.3, -0.25) is 15.2 Å². The second kappa shape index (κ2) is 8.26. The van der Waals surface area contributed by atoms with Gasteiger partial charge < -0.3 is 5.43 Å². The van der Waals surface area contributed by atoms with Gasteiger partial charge in [-0.05, 0) is 42.3 Å². The fourth-order valence-electron chi connectivity index (χ4n) is 3.63. The van der Waals surface area contributed by atoms with E-state index in [1.165, 1.54) is 5.56 Å². The Labute approximate surface area is 189 Å². The number of aromatic nitrogens is 1. The van der Waals surface area contributed by atoms with Crippen molar-refractivity contribution in [2.75, 3.05) is 0 Å². The Kier molecular flexibility index (Phi) is 5.31. The number of aryl methyl sites for hydroxylation is 1. The van der Waals surface area contributed by atoms with Crippen molar-refractivity contribution in [2.24, 2.45) is 0 Å². The summed E-state index contributed by atoms with van der Waals surface area (Å²) >= 11 is 7.78. The first-order valence-corrected chi connectivity index (χ1v) is 11.1. The Morgan fingerprint density at radius 2 is 1.71 bits per heavy atom. The van der Waals surface area contributed by atoms with Crippen LogP contribution in [0, 0.1) is 6.92 Å². The minimum atomic E-state index is -0.189. The van der Waals surface area contributed by atoms with E-state index < -0.39 is 0 Å².